The van der Waals surface area contributed by atoms with E-state index in [1.807, 2.05) is 19.1 Å². The number of unbranched alkanes of at least 4 members (excludes halogenated alkanes) is 2. The SMILES string of the molecule is CCCCCc1ccc(S(=O)(=O)N(C)CC(C)S)cc1. The molecule has 5 heteroatoms. The van der Waals surface area contributed by atoms with Gasteiger partial charge in [-0.25, -0.2) is 8.42 Å². The third-order valence-corrected chi connectivity index (χ3v) is 5.22. The van der Waals surface area contributed by atoms with Gasteiger partial charge in [0.15, 0.2) is 0 Å². The van der Waals surface area contributed by atoms with Crippen LogP contribution < -0.4 is 0 Å². The highest BCUT2D eigenvalue weighted by atomic mass is 32.2. The van der Waals surface area contributed by atoms with Crippen molar-refractivity contribution in [2.75, 3.05) is 13.6 Å². The molecule has 0 heterocycles. The Labute approximate surface area is 128 Å². The van der Waals surface area contributed by atoms with Crippen molar-refractivity contribution >= 4 is 22.7 Å². The lowest BCUT2D eigenvalue weighted by Crippen LogP contribution is -2.31. The second-order valence-corrected chi connectivity index (χ2v) is 8.16. The summed E-state index contributed by atoms with van der Waals surface area (Å²) in [6.45, 7) is 4.46. The van der Waals surface area contributed by atoms with Gasteiger partial charge in [0.2, 0.25) is 10.0 Å². The van der Waals surface area contributed by atoms with Crippen LogP contribution in [0.3, 0.4) is 0 Å². The Kier molecular flexibility index (Phi) is 7.06. The number of sulfonamides is 1. The number of thiol groups is 1. The van der Waals surface area contributed by atoms with Crippen molar-refractivity contribution in [1.82, 2.24) is 4.31 Å². The molecule has 20 heavy (non-hydrogen) atoms. The maximum Gasteiger partial charge on any atom is 0.242 e. The van der Waals surface area contributed by atoms with Crippen molar-refractivity contribution in [1.29, 1.82) is 0 Å². The van der Waals surface area contributed by atoms with Crippen molar-refractivity contribution in [3.63, 3.8) is 0 Å². The van der Waals surface area contributed by atoms with E-state index in [1.54, 1.807) is 19.2 Å². The first-order valence-electron chi connectivity index (χ1n) is 7.11. The molecule has 0 saturated heterocycles. The summed E-state index contributed by atoms with van der Waals surface area (Å²) in [6, 6.07) is 7.24. The number of hydrogen-bond acceptors (Lipinski definition) is 3. The summed E-state index contributed by atoms with van der Waals surface area (Å²) in [4.78, 5) is 0.355. The molecule has 0 radical (unpaired) electrons. The normalized spacial score (nSPS) is 13.7. The molecule has 0 spiro atoms. The molecule has 1 aromatic carbocycles. The maximum absolute atomic E-state index is 12.3. The molecule has 0 aliphatic carbocycles. The number of benzene rings is 1. The van der Waals surface area contributed by atoms with E-state index in [0.717, 1.165) is 12.8 Å². The van der Waals surface area contributed by atoms with Gasteiger partial charge >= 0.3 is 0 Å². The van der Waals surface area contributed by atoms with Gasteiger partial charge in [0.05, 0.1) is 4.90 Å². The molecule has 0 amide bonds. The molecule has 0 aliphatic rings. The van der Waals surface area contributed by atoms with Gasteiger partial charge in [-0.3, -0.25) is 0 Å². The van der Waals surface area contributed by atoms with E-state index < -0.39 is 10.0 Å². The minimum absolute atomic E-state index is 0.0168. The van der Waals surface area contributed by atoms with Crippen molar-refractivity contribution < 1.29 is 8.42 Å². The number of aryl methyl sites for hydroxylation is 1. The molecular weight excluding hydrogens is 290 g/mol. The smallest absolute Gasteiger partial charge is 0.207 e. The Hall–Kier alpha value is -0.520. The minimum Gasteiger partial charge on any atom is -0.207 e. The van der Waals surface area contributed by atoms with Crippen LogP contribution in [0.1, 0.15) is 38.7 Å². The molecule has 0 fully saturated rings. The van der Waals surface area contributed by atoms with Crippen molar-refractivity contribution in [3.8, 4) is 0 Å². The van der Waals surface area contributed by atoms with Crippen LogP contribution >= 0.6 is 12.6 Å². The van der Waals surface area contributed by atoms with Crippen molar-refractivity contribution in [2.45, 2.75) is 49.7 Å². The van der Waals surface area contributed by atoms with Crippen LogP contribution in [-0.2, 0) is 16.4 Å². The highest BCUT2D eigenvalue weighted by molar-refractivity contribution is 7.89. The zero-order valence-electron chi connectivity index (χ0n) is 12.5. The fourth-order valence-corrected chi connectivity index (χ4v) is 3.67. The molecule has 0 aliphatic heterocycles. The lowest BCUT2D eigenvalue weighted by atomic mass is 10.1. The topological polar surface area (TPSA) is 37.4 Å². The van der Waals surface area contributed by atoms with Gasteiger partial charge in [-0.1, -0.05) is 38.8 Å². The fraction of sp³-hybridized carbons (Fsp3) is 0.600. The van der Waals surface area contributed by atoms with Crippen LogP contribution in [0.25, 0.3) is 0 Å². The monoisotopic (exact) mass is 315 g/mol. The van der Waals surface area contributed by atoms with Crippen molar-refractivity contribution in [2.24, 2.45) is 0 Å². The fourth-order valence-electron chi connectivity index (χ4n) is 2.06. The van der Waals surface area contributed by atoms with E-state index in [1.165, 1.54) is 22.7 Å². The second-order valence-electron chi connectivity index (χ2n) is 5.24. The van der Waals surface area contributed by atoms with Crippen LogP contribution in [-0.4, -0.2) is 31.6 Å². The summed E-state index contributed by atoms with van der Waals surface area (Å²) in [5.41, 5.74) is 1.20. The molecular formula is C15H25NO2S2. The molecule has 0 saturated carbocycles. The molecule has 0 N–H and O–H groups in total. The number of rotatable bonds is 8. The number of hydrogen-bond donors (Lipinski definition) is 1. The summed E-state index contributed by atoms with van der Waals surface area (Å²) in [6.07, 6.45) is 4.57. The predicted molar refractivity (Wildman–Crippen MR) is 87.9 cm³/mol. The van der Waals surface area contributed by atoms with Gasteiger partial charge < -0.3 is 0 Å². The Bertz CT molecular complexity index is 495. The number of nitrogens with zero attached hydrogens (tertiary/aromatic N) is 1. The molecule has 3 nitrogen and oxygen atoms in total. The van der Waals surface area contributed by atoms with Gasteiger partial charge in [-0.05, 0) is 30.5 Å². The third kappa shape index (κ3) is 5.11. The Morgan fingerprint density at radius 3 is 2.30 bits per heavy atom. The van der Waals surface area contributed by atoms with Gasteiger partial charge in [-0.15, -0.1) is 0 Å². The van der Waals surface area contributed by atoms with Crippen LogP contribution in [0.15, 0.2) is 29.2 Å². The highest BCUT2D eigenvalue weighted by Gasteiger charge is 2.21. The average Bonchev–Trinajstić information content (AvgIpc) is 2.39. The van der Waals surface area contributed by atoms with Gasteiger partial charge in [0, 0.05) is 18.8 Å². The third-order valence-electron chi connectivity index (χ3n) is 3.22. The average molecular weight is 316 g/mol. The van der Waals surface area contributed by atoms with Gasteiger partial charge in [-0.2, -0.15) is 16.9 Å². The van der Waals surface area contributed by atoms with Crippen LogP contribution in [0, 0.1) is 0 Å². The highest BCUT2D eigenvalue weighted by Crippen LogP contribution is 2.17. The van der Waals surface area contributed by atoms with E-state index in [4.69, 9.17) is 0 Å². The second kappa shape index (κ2) is 8.05. The molecule has 114 valence electrons. The van der Waals surface area contributed by atoms with Gasteiger partial charge in [0.25, 0.3) is 0 Å². The summed E-state index contributed by atoms with van der Waals surface area (Å²) in [7, 11) is -1.80. The summed E-state index contributed by atoms with van der Waals surface area (Å²) >= 11 is 4.24. The van der Waals surface area contributed by atoms with E-state index in [0.29, 0.717) is 11.4 Å². The molecule has 1 atom stereocenters. The zero-order chi connectivity index (χ0) is 15.2. The quantitative estimate of drug-likeness (QED) is 0.590. The van der Waals surface area contributed by atoms with E-state index in [9.17, 15) is 8.42 Å². The van der Waals surface area contributed by atoms with E-state index in [-0.39, 0.29) is 5.25 Å². The Morgan fingerprint density at radius 2 is 1.80 bits per heavy atom. The van der Waals surface area contributed by atoms with Crippen LogP contribution in [0.4, 0.5) is 0 Å². The maximum atomic E-state index is 12.3. The first-order chi connectivity index (χ1) is 9.37. The molecule has 0 bridgehead atoms. The first kappa shape index (κ1) is 17.5. The summed E-state index contributed by atoms with van der Waals surface area (Å²) in [5.74, 6) is 0. The van der Waals surface area contributed by atoms with E-state index in [2.05, 4.69) is 19.6 Å². The van der Waals surface area contributed by atoms with E-state index >= 15 is 0 Å². The lowest BCUT2D eigenvalue weighted by molar-refractivity contribution is 0.472. The standard InChI is InChI=1S/C15H25NO2S2/c1-4-5-6-7-14-8-10-15(11-9-14)20(17,18)16(3)12-13(2)19/h8-11,13,19H,4-7,12H2,1-3H3. The minimum atomic E-state index is -3.39. The Morgan fingerprint density at radius 1 is 1.20 bits per heavy atom. The zero-order valence-corrected chi connectivity index (χ0v) is 14.3. The molecule has 1 unspecified atom stereocenters. The molecule has 0 aromatic heterocycles. The summed E-state index contributed by atoms with van der Waals surface area (Å²) < 4.78 is 26.0. The summed E-state index contributed by atoms with van der Waals surface area (Å²) in [5, 5.41) is 0.0168. The van der Waals surface area contributed by atoms with Crippen LogP contribution in [0.5, 0.6) is 0 Å². The lowest BCUT2D eigenvalue weighted by Gasteiger charge is -2.19. The predicted octanol–water partition coefficient (Wildman–Crippen LogP) is 3.36. The molecule has 1 rings (SSSR count). The first-order valence-corrected chi connectivity index (χ1v) is 9.07. The van der Waals surface area contributed by atoms with Crippen LogP contribution in [0.2, 0.25) is 0 Å². The molecule has 1 aromatic rings. The Balaban J connectivity index is 2.76. The largest absolute Gasteiger partial charge is 0.242 e. The van der Waals surface area contributed by atoms with Gasteiger partial charge in [0.1, 0.15) is 0 Å². The van der Waals surface area contributed by atoms with Crippen molar-refractivity contribution in [3.05, 3.63) is 29.8 Å².